The molecule has 5 heteroatoms. The summed E-state index contributed by atoms with van der Waals surface area (Å²) in [6.45, 7) is 1.93. The van der Waals surface area contributed by atoms with Gasteiger partial charge in [-0.05, 0) is 19.1 Å². The number of nitriles is 1. The molecule has 2 rings (SSSR count). The number of phenols is 1. The van der Waals surface area contributed by atoms with E-state index in [0.717, 1.165) is 0 Å². The molecule has 0 saturated carbocycles. The minimum atomic E-state index is 0.136. The van der Waals surface area contributed by atoms with Crippen molar-refractivity contribution in [1.82, 2.24) is 14.8 Å². The first-order chi connectivity index (χ1) is 7.72. The highest BCUT2D eigenvalue weighted by Gasteiger charge is 2.10. The van der Waals surface area contributed by atoms with Gasteiger partial charge in [-0.3, -0.25) is 0 Å². The number of hydrogen-bond donors (Lipinski definition) is 1. The second-order valence-corrected chi connectivity index (χ2v) is 3.32. The molecule has 0 bridgehead atoms. The molecule has 80 valence electrons. The monoisotopic (exact) mass is 214 g/mol. The van der Waals surface area contributed by atoms with E-state index in [9.17, 15) is 5.11 Å². The molecule has 0 aliphatic rings. The molecule has 16 heavy (non-hydrogen) atoms. The highest BCUT2D eigenvalue weighted by atomic mass is 16.3. The van der Waals surface area contributed by atoms with E-state index in [0.29, 0.717) is 17.2 Å². The Morgan fingerprint density at radius 2 is 2.19 bits per heavy atom. The summed E-state index contributed by atoms with van der Waals surface area (Å²) in [5, 5.41) is 22.4. The standard InChI is InChI=1S/C11H10N4O/c1-8-13-11(14-15(8)7-6-12)9-4-2-3-5-10(9)16/h2-5,16H,7H2,1H3. The van der Waals surface area contributed by atoms with Crippen molar-refractivity contribution in [2.24, 2.45) is 0 Å². The summed E-state index contributed by atoms with van der Waals surface area (Å²) in [5.41, 5.74) is 0.572. The van der Waals surface area contributed by atoms with Crippen LogP contribution in [0.4, 0.5) is 0 Å². The summed E-state index contributed by atoms with van der Waals surface area (Å²) < 4.78 is 1.50. The van der Waals surface area contributed by atoms with Crippen LogP contribution in [0.1, 0.15) is 5.82 Å². The summed E-state index contributed by atoms with van der Waals surface area (Å²) in [7, 11) is 0. The van der Waals surface area contributed by atoms with E-state index in [1.807, 2.05) is 6.07 Å². The van der Waals surface area contributed by atoms with Gasteiger partial charge in [-0.15, -0.1) is 5.10 Å². The molecule has 0 saturated heterocycles. The number of hydrogen-bond acceptors (Lipinski definition) is 4. The van der Waals surface area contributed by atoms with Gasteiger partial charge in [0, 0.05) is 0 Å². The summed E-state index contributed by atoms with van der Waals surface area (Å²) in [5.74, 6) is 1.22. The number of phenolic OH excluding ortho intramolecular Hbond substituents is 1. The third-order valence-corrected chi connectivity index (χ3v) is 2.22. The van der Waals surface area contributed by atoms with Crippen molar-refractivity contribution in [2.75, 3.05) is 0 Å². The molecule has 1 N–H and O–H groups in total. The van der Waals surface area contributed by atoms with Crippen LogP contribution in [0.15, 0.2) is 24.3 Å². The maximum absolute atomic E-state index is 9.64. The summed E-state index contributed by atoms with van der Waals surface area (Å²) in [6, 6.07) is 8.85. The Hall–Kier alpha value is -2.35. The van der Waals surface area contributed by atoms with E-state index in [1.165, 1.54) is 4.68 Å². The molecule has 0 amide bonds. The van der Waals surface area contributed by atoms with Crippen LogP contribution < -0.4 is 0 Å². The lowest BCUT2D eigenvalue weighted by Crippen LogP contribution is -2.00. The van der Waals surface area contributed by atoms with Crippen molar-refractivity contribution in [3.63, 3.8) is 0 Å². The molecular weight excluding hydrogens is 204 g/mol. The quantitative estimate of drug-likeness (QED) is 0.821. The maximum Gasteiger partial charge on any atom is 0.185 e. The fourth-order valence-corrected chi connectivity index (χ4v) is 1.41. The first kappa shape index (κ1) is 10.2. The molecule has 1 heterocycles. The predicted molar refractivity (Wildman–Crippen MR) is 57.5 cm³/mol. The molecule has 2 aromatic rings. The number of aromatic nitrogens is 3. The van der Waals surface area contributed by atoms with Gasteiger partial charge >= 0.3 is 0 Å². The van der Waals surface area contributed by atoms with Gasteiger partial charge in [0.15, 0.2) is 5.82 Å². The minimum absolute atomic E-state index is 0.136. The first-order valence-electron chi connectivity index (χ1n) is 4.79. The van der Waals surface area contributed by atoms with Crippen molar-refractivity contribution in [2.45, 2.75) is 13.5 Å². The van der Waals surface area contributed by atoms with E-state index < -0.39 is 0 Å². The van der Waals surface area contributed by atoms with Crippen molar-refractivity contribution in [3.05, 3.63) is 30.1 Å². The topological polar surface area (TPSA) is 74.7 Å². The Labute approximate surface area is 92.6 Å². The average Bonchev–Trinajstić information content (AvgIpc) is 2.61. The summed E-state index contributed by atoms with van der Waals surface area (Å²) >= 11 is 0. The van der Waals surface area contributed by atoms with E-state index in [4.69, 9.17) is 5.26 Å². The van der Waals surface area contributed by atoms with Gasteiger partial charge in [0.05, 0.1) is 11.6 Å². The fourth-order valence-electron chi connectivity index (χ4n) is 1.41. The van der Waals surface area contributed by atoms with E-state index >= 15 is 0 Å². The number of para-hydroxylation sites is 1. The molecule has 0 radical (unpaired) electrons. The number of benzene rings is 1. The van der Waals surface area contributed by atoms with Crippen molar-refractivity contribution in [1.29, 1.82) is 5.26 Å². The smallest absolute Gasteiger partial charge is 0.185 e. The lowest BCUT2D eigenvalue weighted by atomic mass is 10.2. The number of nitrogens with zero attached hydrogens (tertiary/aromatic N) is 4. The van der Waals surface area contributed by atoms with Crippen LogP contribution in [0.3, 0.4) is 0 Å². The predicted octanol–water partition coefficient (Wildman–Crippen LogP) is 1.48. The van der Waals surface area contributed by atoms with Crippen LogP contribution in [0.5, 0.6) is 5.75 Å². The van der Waals surface area contributed by atoms with Gasteiger partial charge in [-0.2, -0.15) is 5.26 Å². The Kier molecular flexibility index (Phi) is 2.56. The van der Waals surface area contributed by atoms with Crippen LogP contribution in [0.2, 0.25) is 0 Å². The third kappa shape index (κ3) is 1.73. The largest absolute Gasteiger partial charge is 0.507 e. The second kappa shape index (κ2) is 4.03. The van der Waals surface area contributed by atoms with Gasteiger partial charge in [-0.1, -0.05) is 12.1 Å². The zero-order valence-corrected chi connectivity index (χ0v) is 8.75. The van der Waals surface area contributed by atoms with Crippen LogP contribution in [-0.4, -0.2) is 19.9 Å². The number of rotatable bonds is 2. The van der Waals surface area contributed by atoms with Crippen LogP contribution in [-0.2, 0) is 6.54 Å². The lowest BCUT2D eigenvalue weighted by molar-refractivity contribution is 0.477. The molecule has 0 unspecified atom stereocenters. The van der Waals surface area contributed by atoms with Gasteiger partial charge in [-0.25, -0.2) is 9.67 Å². The normalized spacial score (nSPS) is 10.0. The molecule has 0 fully saturated rings. The van der Waals surface area contributed by atoms with Gasteiger partial charge in [0.2, 0.25) is 0 Å². The summed E-state index contributed by atoms with van der Waals surface area (Å²) in [4.78, 5) is 4.20. The Balaban J connectivity index is 2.46. The molecule has 1 aromatic carbocycles. The minimum Gasteiger partial charge on any atom is -0.507 e. The highest BCUT2D eigenvalue weighted by Crippen LogP contribution is 2.25. The molecule has 0 atom stereocenters. The van der Waals surface area contributed by atoms with Gasteiger partial charge in [0.25, 0.3) is 0 Å². The number of aromatic hydroxyl groups is 1. The van der Waals surface area contributed by atoms with E-state index in [1.54, 1.807) is 31.2 Å². The highest BCUT2D eigenvalue weighted by molar-refractivity contribution is 5.62. The SMILES string of the molecule is Cc1nc(-c2ccccc2O)nn1CC#N. The zero-order chi connectivity index (χ0) is 11.5. The molecule has 5 nitrogen and oxygen atoms in total. The molecule has 0 aliphatic heterocycles. The van der Waals surface area contributed by atoms with Gasteiger partial charge in [0.1, 0.15) is 18.1 Å². The Morgan fingerprint density at radius 3 is 2.88 bits per heavy atom. The Morgan fingerprint density at radius 1 is 1.44 bits per heavy atom. The van der Waals surface area contributed by atoms with Crippen LogP contribution in [0, 0.1) is 18.3 Å². The van der Waals surface area contributed by atoms with E-state index in [2.05, 4.69) is 10.1 Å². The summed E-state index contributed by atoms with van der Waals surface area (Å²) in [6.07, 6.45) is 0. The molecule has 0 aliphatic carbocycles. The Bertz CT molecular complexity index is 553. The lowest BCUT2D eigenvalue weighted by Gasteiger charge is -1.97. The van der Waals surface area contributed by atoms with Crippen molar-refractivity contribution >= 4 is 0 Å². The average molecular weight is 214 g/mol. The third-order valence-electron chi connectivity index (χ3n) is 2.22. The molecule has 0 spiro atoms. The second-order valence-electron chi connectivity index (χ2n) is 3.32. The zero-order valence-electron chi connectivity index (χ0n) is 8.75. The van der Waals surface area contributed by atoms with Crippen molar-refractivity contribution in [3.8, 4) is 23.2 Å². The van der Waals surface area contributed by atoms with Gasteiger partial charge < -0.3 is 5.11 Å². The fraction of sp³-hybridized carbons (Fsp3) is 0.182. The maximum atomic E-state index is 9.64. The first-order valence-corrected chi connectivity index (χ1v) is 4.79. The molecule has 1 aromatic heterocycles. The van der Waals surface area contributed by atoms with Crippen LogP contribution in [0.25, 0.3) is 11.4 Å². The molecular formula is C11H10N4O. The van der Waals surface area contributed by atoms with Crippen LogP contribution >= 0.6 is 0 Å². The van der Waals surface area contributed by atoms with E-state index in [-0.39, 0.29) is 12.3 Å². The number of aryl methyl sites for hydroxylation is 1. The van der Waals surface area contributed by atoms with Crippen molar-refractivity contribution < 1.29 is 5.11 Å².